The first-order valence-corrected chi connectivity index (χ1v) is 8.99. The van der Waals surface area contributed by atoms with Crippen LogP contribution in [0.15, 0.2) is 17.5 Å². The fourth-order valence-electron chi connectivity index (χ4n) is 2.80. The van der Waals surface area contributed by atoms with Gasteiger partial charge >= 0.3 is 0 Å². The Balaban J connectivity index is 2.11. The Kier molecular flexibility index (Phi) is 4.61. The molecule has 5 nitrogen and oxygen atoms in total. The van der Waals surface area contributed by atoms with Crippen molar-refractivity contribution in [3.8, 4) is 0 Å². The number of anilines is 1. The van der Waals surface area contributed by atoms with Crippen LogP contribution in [0.3, 0.4) is 0 Å². The second-order valence-electron chi connectivity index (χ2n) is 5.75. The SMILES string of the molecule is CCCc1nc(N(C)Cc2cccs2)c2c(n1)c(C)nn2CC. The van der Waals surface area contributed by atoms with Gasteiger partial charge in [-0.15, -0.1) is 11.3 Å². The second kappa shape index (κ2) is 6.66. The van der Waals surface area contributed by atoms with Crippen molar-refractivity contribution >= 4 is 28.2 Å². The fourth-order valence-corrected chi connectivity index (χ4v) is 3.56. The standard InChI is InChI=1S/C17H23N5S/c1-5-8-14-18-15-12(3)20-22(6-2)16(15)17(19-14)21(4)11-13-9-7-10-23-13/h7,9-10H,5-6,8,11H2,1-4H3. The molecule has 3 heterocycles. The van der Waals surface area contributed by atoms with E-state index in [2.05, 4.69) is 48.4 Å². The smallest absolute Gasteiger partial charge is 0.158 e. The minimum Gasteiger partial charge on any atom is -0.353 e. The van der Waals surface area contributed by atoms with Crippen molar-refractivity contribution in [2.24, 2.45) is 0 Å². The predicted octanol–water partition coefficient (Wildman–Crippen LogP) is 3.81. The monoisotopic (exact) mass is 329 g/mol. The molecule has 0 saturated heterocycles. The van der Waals surface area contributed by atoms with Crippen molar-refractivity contribution in [1.29, 1.82) is 0 Å². The van der Waals surface area contributed by atoms with Crippen LogP contribution in [-0.4, -0.2) is 26.8 Å². The number of hydrogen-bond donors (Lipinski definition) is 0. The van der Waals surface area contributed by atoms with Gasteiger partial charge in [-0.2, -0.15) is 5.10 Å². The molecule has 0 aromatic carbocycles. The van der Waals surface area contributed by atoms with E-state index >= 15 is 0 Å². The topological polar surface area (TPSA) is 46.8 Å². The highest BCUT2D eigenvalue weighted by atomic mass is 32.1. The first-order chi connectivity index (χ1) is 11.1. The van der Waals surface area contributed by atoms with Crippen molar-refractivity contribution in [1.82, 2.24) is 19.7 Å². The van der Waals surface area contributed by atoms with Crippen LogP contribution in [0, 0.1) is 6.92 Å². The molecule has 0 N–H and O–H groups in total. The molecule has 6 heteroatoms. The van der Waals surface area contributed by atoms with E-state index in [-0.39, 0.29) is 0 Å². The third-order valence-electron chi connectivity index (χ3n) is 3.89. The van der Waals surface area contributed by atoms with Gasteiger partial charge in [-0.05, 0) is 31.7 Å². The average Bonchev–Trinajstić information content (AvgIpc) is 3.15. The van der Waals surface area contributed by atoms with Crippen LogP contribution in [-0.2, 0) is 19.5 Å². The second-order valence-corrected chi connectivity index (χ2v) is 6.78. The van der Waals surface area contributed by atoms with Gasteiger partial charge in [-0.3, -0.25) is 4.68 Å². The zero-order valence-electron chi connectivity index (χ0n) is 14.2. The van der Waals surface area contributed by atoms with Gasteiger partial charge in [0.2, 0.25) is 0 Å². The zero-order chi connectivity index (χ0) is 16.4. The molecule has 23 heavy (non-hydrogen) atoms. The largest absolute Gasteiger partial charge is 0.353 e. The lowest BCUT2D eigenvalue weighted by Crippen LogP contribution is -2.19. The lowest BCUT2D eigenvalue weighted by atomic mass is 10.2. The van der Waals surface area contributed by atoms with Crippen LogP contribution in [0.4, 0.5) is 5.82 Å². The van der Waals surface area contributed by atoms with Crippen LogP contribution in [0.2, 0.25) is 0 Å². The van der Waals surface area contributed by atoms with Gasteiger partial charge in [0, 0.05) is 24.9 Å². The molecule has 0 aliphatic rings. The van der Waals surface area contributed by atoms with Crippen LogP contribution >= 0.6 is 11.3 Å². The summed E-state index contributed by atoms with van der Waals surface area (Å²) in [6, 6.07) is 4.25. The Morgan fingerprint density at radius 2 is 2.09 bits per heavy atom. The van der Waals surface area contributed by atoms with Gasteiger partial charge in [0.25, 0.3) is 0 Å². The number of nitrogens with zero attached hydrogens (tertiary/aromatic N) is 5. The molecule has 3 rings (SSSR count). The predicted molar refractivity (Wildman–Crippen MR) is 96.2 cm³/mol. The van der Waals surface area contributed by atoms with Gasteiger partial charge in [0.1, 0.15) is 16.9 Å². The minimum absolute atomic E-state index is 0.820. The van der Waals surface area contributed by atoms with E-state index in [0.29, 0.717) is 0 Å². The Bertz CT molecular complexity index is 791. The lowest BCUT2D eigenvalue weighted by molar-refractivity contribution is 0.673. The van der Waals surface area contributed by atoms with Crippen LogP contribution in [0.5, 0.6) is 0 Å². The third-order valence-corrected chi connectivity index (χ3v) is 4.75. The van der Waals surface area contributed by atoms with E-state index < -0.39 is 0 Å². The van der Waals surface area contributed by atoms with Crippen LogP contribution < -0.4 is 4.90 Å². The first kappa shape index (κ1) is 15.9. The summed E-state index contributed by atoms with van der Waals surface area (Å²) >= 11 is 1.77. The van der Waals surface area contributed by atoms with E-state index in [9.17, 15) is 0 Å². The third kappa shape index (κ3) is 3.08. The van der Waals surface area contributed by atoms with Gasteiger partial charge < -0.3 is 4.90 Å². The highest BCUT2D eigenvalue weighted by Crippen LogP contribution is 2.27. The molecule has 0 bridgehead atoms. The maximum atomic E-state index is 4.85. The van der Waals surface area contributed by atoms with E-state index in [1.165, 1.54) is 4.88 Å². The summed E-state index contributed by atoms with van der Waals surface area (Å²) in [5.41, 5.74) is 3.01. The molecular formula is C17H23N5S. The molecule has 0 atom stereocenters. The van der Waals surface area contributed by atoms with Gasteiger partial charge in [0.05, 0.1) is 12.2 Å². The molecule has 0 aliphatic heterocycles. The molecule has 0 saturated carbocycles. The summed E-state index contributed by atoms with van der Waals surface area (Å²) in [6.45, 7) is 7.96. The Morgan fingerprint density at radius 3 is 2.74 bits per heavy atom. The van der Waals surface area contributed by atoms with Gasteiger partial charge in [0.15, 0.2) is 5.82 Å². The van der Waals surface area contributed by atoms with Crippen LogP contribution in [0.1, 0.15) is 36.7 Å². The molecule has 0 fully saturated rings. The summed E-state index contributed by atoms with van der Waals surface area (Å²) in [5.74, 6) is 1.89. The van der Waals surface area contributed by atoms with Gasteiger partial charge in [-0.25, -0.2) is 9.97 Å². The Labute approximate surface area is 141 Å². The highest BCUT2D eigenvalue weighted by molar-refractivity contribution is 7.09. The van der Waals surface area contributed by atoms with Crippen molar-refractivity contribution < 1.29 is 0 Å². The molecule has 122 valence electrons. The Hall–Kier alpha value is -1.95. The van der Waals surface area contributed by atoms with E-state index in [4.69, 9.17) is 9.97 Å². The summed E-state index contributed by atoms with van der Waals surface area (Å²) in [5, 5.41) is 6.75. The quantitative estimate of drug-likeness (QED) is 0.690. The fraction of sp³-hybridized carbons (Fsp3) is 0.471. The molecule has 0 amide bonds. The molecule has 3 aromatic heterocycles. The minimum atomic E-state index is 0.820. The van der Waals surface area contributed by atoms with E-state index in [1.54, 1.807) is 11.3 Å². The molecule has 0 unspecified atom stereocenters. The summed E-state index contributed by atoms with van der Waals surface area (Å²) in [6.07, 6.45) is 1.94. The molecular weight excluding hydrogens is 306 g/mol. The van der Waals surface area contributed by atoms with E-state index in [0.717, 1.165) is 54.3 Å². The van der Waals surface area contributed by atoms with Crippen molar-refractivity contribution in [3.05, 3.63) is 33.9 Å². The maximum absolute atomic E-state index is 4.85. The van der Waals surface area contributed by atoms with Gasteiger partial charge in [-0.1, -0.05) is 13.0 Å². The lowest BCUT2D eigenvalue weighted by Gasteiger charge is -2.19. The highest BCUT2D eigenvalue weighted by Gasteiger charge is 2.18. The summed E-state index contributed by atoms with van der Waals surface area (Å²) < 4.78 is 2.01. The molecule has 3 aromatic rings. The average molecular weight is 329 g/mol. The van der Waals surface area contributed by atoms with Crippen molar-refractivity contribution in [3.63, 3.8) is 0 Å². The van der Waals surface area contributed by atoms with Crippen molar-refractivity contribution in [2.45, 2.75) is 46.7 Å². The number of rotatable bonds is 6. The normalized spacial score (nSPS) is 11.3. The number of hydrogen-bond acceptors (Lipinski definition) is 5. The first-order valence-electron chi connectivity index (χ1n) is 8.11. The number of aromatic nitrogens is 4. The van der Waals surface area contributed by atoms with E-state index in [1.807, 2.05) is 11.6 Å². The number of fused-ring (bicyclic) bond motifs is 1. The summed E-state index contributed by atoms with van der Waals surface area (Å²) in [7, 11) is 2.10. The Morgan fingerprint density at radius 1 is 1.26 bits per heavy atom. The zero-order valence-corrected chi connectivity index (χ0v) is 15.0. The molecule has 0 radical (unpaired) electrons. The maximum Gasteiger partial charge on any atom is 0.158 e. The number of thiophene rings is 1. The van der Waals surface area contributed by atoms with Crippen molar-refractivity contribution in [2.75, 3.05) is 11.9 Å². The molecule has 0 aliphatic carbocycles. The number of aryl methyl sites for hydroxylation is 3. The summed E-state index contributed by atoms with van der Waals surface area (Å²) in [4.78, 5) is 13.1. The molecule has 0 spiro atoms. The van der Waals surface area contributed by atoms with Crippen LogP contribution in [0.25, 0.3) is 11.0 Å².